The number of allylic oxidation sites excluding steroid dienone is 5. The van der Waals surface area contributed by atoms with Gasteiger partial charge >= 0.3 is 19.8 Å². The summed E-state index contributed by atoms with van der Waals surface area (Å²) >= 11 is 0. The van der Waals surface area contributed by atoms with E-state index in [-0.39, 0.29) is 32.6 Å². The number of unbranched alkanes of at least 4 members (excludes halogenated alkanes) is 10. The Morgan fingerprint density at radius 3 is 2.05 bits per heavy atom. The molecule has 1 aliphatic rings. The smallest absolute Gasteiger partial charge is 0.466 e. The van der Waals surface area contributed by atoms with Crippen LogP contribution in [0.15, 0.2) is 40.9 Å². The van der Waals surface area contributed by atoms with Crippen LogP contribution >= 0.6 is 7.82 Å². The Balaban J connectivity index is 1.58. The van der Waals surface area contributed by atoms with Crippen molar-refractivity contribution < 1.29 is 46.7 Å². The van der Waals surface area contributed by atoms with Crippen LogP contribution in [0.5, 0.6) is 0 Å². The zero-order chi connectivity index (χ0) is 41.6. The number of hydrogen-bond donors (Lipinski definition) is 2. The highest BCUT2D eigenvalue weighted by Crippen LogP contribution is 2.43. The summed E-state index contributed by atoms with van der Waals surface area (Å²) in [5.41, 5.74) is 7.96. The van der Waals surface area contributed by atoms with Crippen molar-refractivity contribution in [3.8, 4) is 0 Å². The molecule has 11 nitrogen and oxygen atoms in total. The quantitative estimate of drug-likeness (QED) is 0.0218. The maximum absolute atomic E-state index is 12.6. The van der Waals surface area contributed by atoms with Gasteiger partial charge in [-0.05, 0) is 82.8 Å². The lowest BCUT2D eigenvalue weighted by Gasteiger charge is -2.19. The summed E-state index contributed by atoms with van der Waals surface area (Å²) in [6, 6.07) is 0. The number of ether oxygens (including phenoxy) is 3. The molecule has 1 aromatic rings. The predicted octanol–water partition coefficient (Wildman–Crippen LogP) is 10.8. The summed E-state index contributed by atoms with van der Waals surface area (Å²) in [5, 5.41) is 0. The van der Waals surface area contributed by atoms with Gasteiger partial charge in [0.1, 0.15) is 18.1 Å². The molecule has 0 radical (unpaired) electrons. The molecule has 0 amide bonds. The van der Waals surface area contributed by atoms with Crippen LogP contribution in [-0.2, 0) is 50.3 Å². The average Bonchev–Trinajstić information content (AvgIpc) is 3.89. The zero-order valence-corrected chi connectivity index (χ0v) is 36.6. The zero-order valence-electron chi connectivity index (χ0n) is 35.7. The van der Waals surface area contributed by atoms with Crippen molar-refractivity contribution in [2.24, 2.45) is 5.73 Å². The maximum Gasteiger partial charge on any atom is 0.472 e. The van der Waals surface area contributed by atoms with Crippen LogP contribution in [0.3, 0.4) is 0 Å². The first-order valence-corrected chi connectivity index (χ1v) is 23.4. The van der Waals surface area contributed by atoms with Crippen LogP contribution < -0.4 is 5.73 Å². The molecule has 2 rings (SSSR count). The first-order chi connectivity index (χ1) is 27.6. The van der Waals surface area contributed by atoms with Crippen molar-refractivity contribution in [2.45, 2.75) is 187 Å². The normalized spacial score (nSPS) is 17.2. The highest BCUT2D eigenvalue weighted by atomic mass is 31.2. The van der Waals surface area contributed by atoms with Crippen LogP contribution in [0.1, 0.15) is 165 Å². The van der Waals surface area contributed by atoms with E-state index in [2.05, 4.69) is 58.1 Å². The van der Waals surface area contributed by atoms with Crippen molar-refractivity contribution in [1.29, 1.82) is 0 Å². The van der Waals surface area contributed by atoms with E-state index in [0.717, 1.165) is 88.6 Å². The molecule has 12 heteroatoms. The van der Waals surface area contributed by atoms with Gasteiger partial charge in [-0.2, -0.15) is 0 Å². The number of nitrogens with two attached hydrogens (primary N) is 1. The molecule has 3 N–H and O–H groups in total. The van der Waals surface area contributed by atoms with E-state index in [0.29, 0.717) is 25.0 Å². The molecule has 1 fully saturated rings. The van der Waals surface area contributed by atoms with E-state index >= 15 is 0 Å². The number of phosphoric ester groups is 1. The maximum atomic E-state index is 12.6. The first kappa shape index (κ1) is 50.6. The number of hydrogen-bond acceptors (Lipinski definition) is 10. The summed E-state index contributed by atoms with van der Waals surface area (Å²) in [4.78, 5) is 35.0. The number of carbonyl (C=O) groups is 2. The standard InChI is InChI=1S/C45H76NO10P/c1-5-7-22-29-42-43(56-42)30-24-19-15-10-8-9-11-16-20-25-31-44(47)51-35-39(36-53-57(49,50)52-34-33-46)54-45(48)32-26-21-17-13-12-14-18-23-28-41-38(4)37(3)40(55-41)27-6-2/h8,10-11,16,19,24,39,42-43H,5-7,9,12-15,17-18,20-23,25-36,46H2,1-4H3,(H,49,50)/b10-8-,16-11-,24-19-/t39-,42?,43?/m1/s1. The Bertz CT molecular complexity index is 1370. The SMILES string of the molecule is CCCCCC1OC1C/C=C\C/C=C\C/C=C\CCCC(=O)OC[C@H](COP(=O)(O)OCCN)OC(=O)CCCCCCCCCCc1oc(CCC)c(C)c1C. The van der Waals surface area contributed by atoms with Crippen molar-refractivity contribution in [3.63, 3.8) is 0 Å². The van der Waals surface area contributed by atoms with E-state index in [1.54, 1.807) is 0 Å². The number of furan rings is 1. The average molecular weight is 822 g/mol. The number of esters is 2. The van der Waals surface area contributed by atoms with Crippen LogP contribution in [-0.4, -0.2) is 61.5 Å². The summed E-state index contributed by atoms with van der Waals surface area (Å²) in [6.45, 7) is 7.84. The highest BCUT2D eigenvalue weighted by molar-refractivity contribution is 7.47. The van der Waals surface area contributed by atoms with Crippen LogP contribution in [0, 0.1) is 13.8 Å². The molecule has 0 bridgehead atoms. The van der Waals surface area contributed by atoms with Gasteiger partial charge in [0.2, 0.25) is 0 Å². The molecular weight excluding hydrogens is 745 g/mol. The van der Waals surface area contributed by atoms with E-state index in [9.17, 15) is 19.0 Å². The molecule has 1 aliphatic heterocycles. The molecule has 326 valence electrons. The fraction of sp³-hybridized carbons (Fsp3) is 0.733. The second-order valence-corrected chi connectivity index (χ2v) is 16.6. The lowest BCUT2D eigenvalue weighted by molar-refractivity contribution is -0.161. The lowest BCUT2D eigenvalue weighted by Crippen LogP contribution is -2.29. The molecule has 1 saturated heterocycles. The first-order valence-electron chi connectivity index (χ1n) is 21.9. The van der Waals surface area contributed by atoms with Crippen LogP contribution in [0.25, 0.3) is 0 Å². The molecule has 0 saturated carbocycles. The third-order valence-corrected chi connectivity index (χ3v) is 11.1. The Morgan fingerprint density at radius 1 is 0.737 bits per heavy atom. The summed E-state index contributed by atoms with van der Waals surface area (Å²) in [6.07, 6.45) is 33.5. The van der Waals surface area contributed by atoms with Gasteiger partial charge < -0.3 is 29.3 Å². The fourth-order valence-electron chi connectivity index (χ4n) is 6.53. The molecule has 2 heterocycles. The van der Waals surface area contributed by atoms with Crippen LogP contribution in [0.4, 0.5) is 0 Å². The second kappa shape index (κ2) is 31.4. The summed E-state index contributed by atoms with van der Waals surface area (Å²) in [5.74, 6) is 1.36. The number of phosphoric acid groups is 1. The highest BCUT2D eigenvalue weighted by Gasteiger charge is 2.36. The van der Waals surface area contributed by atoms with Gasteiger partial charge in [0.15, 0.2) is 6.10 Å². The van der Waals surface area contributed by atoms with E-state index < -0.39 is 32.5 Å². The second-order valence-electron chi connectivity index (χ2n) is 15.2. The Hall–Kier alpha value is -2.53. The Kier molecular flexibility index (Phi) is 27.9. The van der Waals surface area contributed by atoms with E-state index in [1.807, 2.05) is 6.08 Å². The van der Waals surface area contributed by atoms with Crippen molar-refractivity contribution >= 4 is 19.8 Å². The minimum absolute atomic E-state index is 0.0368. The van der Waals surface area contributed by atoms with Crippen LogP contribution in [0.2, 0.25) is 0 Å². The minimum Gasteiger partial charge on any atom is -0.466 e. The van der Waals surface area contributed by atoms with Crippen molar-refractivity contribution in [3.05, 3.63) is 59.1 Å². The number of aryl methyl sites for hydroxylation is 2. The molecular formula is C45H76NO10P. The van der Waals surface area contributed by atoms with Gasteiger partial charge in [-0.3, -0.25) is 18.6 Å². The molecule has 57 heavy (non-hydrogen) atoms. The van der Waals surface area contributed by atoms with Gasteiger partial charge in [0, 0.05) is 32.2 Å². The number of carbonyl (C=O) groups excluding carboxylic acids is 2. The summed E-state index contributed by atoms with van der Waals surface area (Å²) < 4.78 is 44.6. The predicted molar refractivity (Wildman–Crippen MR) is 227 cm³/mol. The van der Waals surface area contributed by atoms with Gasteiger partial charge in [-0.1, -0.05) is 108 Å². The number of rotatable bonds is 36. The third kappa shape index (κ3) is 24.9. The largest absolute Gasteiger partial charge is 0.472 e. The minimum atomic E-state index is -4.41. The fourth-order valence-corrected chi connectivity index (χ4v) is 7.30. The molecule has 4 atom stereocenters. The van der Waals surface area contributed by atoms with Gasteiger partial charge in [0.05, 0.1) is 25.4 Å². The Labute approximate surface area is 344 Å². The van der Waals surface area contributed by atoms with Crippen molar-refractivity contribution in [1.82, 2.24) is 0 Å². The van der Waals surface area contributed by atoms with Gasteiger partial charge in [0.25, 0.3) is 0 Å². The van der Waals surface area contributed by atoms with E-state index in [1.165, 1.54) is 49.7 Å². The summed E-state index contributed by atoms with van der Waals surface area (Å²) in [7, 11) is -4.41. The van der Waals surface area contributed by atoms with E-state index in [4.69, 9.17) is 33.4 Å². The topological polar surface area (TPSA) is 160 Å². The lowest BCUT2D eigenvalue weighted by atomic mass is 10.0. The molecule has 0 spiro atoms. The number of epoxide rings is 1. The monoisotopic (exact) mass is 822 g/mol. The molecule has 1 aromatic heterocycles. The Morgan fingerprint density at radius 2 is 1.37 bits per heavy atom. The molecule has 3 unspecified atom stereocenters. The molecule has 0 aliphatic carbocycles. The third-order valence-electron chi connectivity index (χ3n) is 10.1. The molecule has 0 aromatic carbocycles. The van der Waals surface area contributed by atoms with Gasteiger partial charge in [-0.15, -0.1) is 0 Å². The van der Waals surface area contributed by atoms with Gasteiger partial charge in [-0.25, -0.2) is 4.57 Å². The van der Waals surface area contributed by atoms with Crippen molar-refractivity contribution in [2.75, 3.05) is 26.4 Å².